The second-order valence-corrected chi connectivity index (χ2v) is 6.98. The Hall–Kier alpha value is -0.340. The smallest absolute Gasteiger partial charge is 0.0175 e. The average molecular weight is 308 g/mol. The molecule has 0 amide bonds. The Bertz CT molecular complexity index is 400. The number of hydrogen-bond donors (Lipinski definition) is 1. The van der Waals surface area contributed by atoms with Crippen molar-refractivity contribution in [3.63, 3.8) is 0 Å². The lowest BCUT2D eigenvalue weighted by Gasteiger charge is -2.30. The van der Waals surface area contributed by atoms with Crippen LogP contribution in [0, 0.1) is 17.8 Å². The summed E-state index contributed by atoms with van der Waals surface area (Å²) in [6, 6.07) is 9.48. The van der Waals surface area contributed by atoms with Crippen LogP contribution in [-0.2, 0) is 6.42 Å². The van der Waals surface area contributed by atoms with E-state index in [1.807, 2.05) is 0 Å². The van der Waals surface area contributed by atoms with Gasteiger partial charge in [-0.1, -0.05) is 34.5 Å². The minimum atomic E-state index is 0.668. The molecule has 0 aliphatic heterocycles. The second kappa shape index (κ2) is 5.34. The van der Waals surface area contributed by atoms with Crippen LogP contribution in [-0.4, -0.2) is 13.1 Å². The largest absolute Gasteiger partial charge is 0.316 e. The number of rotatable bonds is 4. The molecule has 98 valence electrons. The van der Waals surface area contributed by atoms with Crippen LogP contribution >= 0.6 is 15.9 Å². The molecular formula is C16H22BrN. The van der Waals surface area contributed by atoms with E-state index in [0.29, 0.717) is 6.04 Å². The third-order valence-corrected chi connectivity index (χ3v) is 5.58. The first-order valence-electron chi connectivity index (χ1n) is 7.18. The Labute approximate surface area is 118 Å². The van der Waals surface area contributed by atoms with E-state index in [1.165, 1.54) is 42.1 Å². The number of fused-ring (bicyclic) bond motifs is 2. The molecule has 0 heterocycles. The molecule has 2 aliphatic carbocycles. The van der Waals surface area contributed by atoms with Crippen LogP contribution in [0.4, 0.5) is 0 Å². The Morgan fingerprint density at radius 2 is 2.00 bits per heavy atom. The van der Waals surface area contributed by atoms with Gasteiger partial charge in [-0.25, -0.2) is 0 Å². The maximum absolute atomic E-state index is 3.58. The maximum atomic E-state index is 3.58. The fourth-order valence-electron chi connectivity index (χ4n) is 4.13. The molecule has 2 fully saturated rings. The average Bonchev–Trinajstić information content (AvgIpc) is 3.00. The van der Waals surface area contributed by atoms with Crippen molar-refractivity contribution in [3.8, 4) is 0 Å². The first kappa shape index (κ1) is 12.7. The topological polar surface area (TPSA) is 12.0 Å². The van der Waals surface area contributed by atoms with Crippen molar-refractivity contribution < 1.29 is 0 Å². The predicted molar refractivity (Wildman–Crippen MR) is 79.6 cm³/mol. The molecule has 0 saturated heterocycles. The summed E-state index contributed by atoms with van der Waals surface area (Å²) >= 11 is 3.51. The second-order valence-electron chi connectivity index (χ2n) is 6.06. The molecule has 1 aromatic carbocycles. The van der Waals surface area contributed by atoms with Gasteiger partial charge in [0.1, 0.15) is 0 Å². The number of likely N-dealkylation sites (N-methyl/N-ethyl adjacent to an activating group) is 1. The summed E-state index contributed by atoms with van der Waals surface area (Å²) < 4.78 is 1.17. The van der Waals surface area contributed by atoms with E-state index in [0.717, 1.165) is 17.8 Å². The van der Waals surface area contributed by atoms with Gasteiger partial charge in [0.25, 0.3) is 0 Å². The fourth-order valence-corrected chi connectivity index (χ4v) is 4.39. The number of nitrogens with one attached hydrogen (secondary N) is 1. The van der Waals surface area contributed by atoms with Gasteiger partial charge in [0.2, 0.25) is 0 Å². The third kappa shape index (κ3) is 2.50. The molecule has 0 radical (unpaired) electrons. The highest BCUT2D eigenvalue weighted by atomic mass is 79.9. The summed E-state index contributed by atoms with van der Waals surface area (Å²) in [4.78, 5) is 0. The molecular weight excluding hydrogens is 286 g/mol. The van der Waals surface area contributed by atoms with Gasteiger partial charge in [-0.2, -0.15) is 0 Å². The molecule has 4 unspecified atom stereocenters. The lowest BCUT2D eigenvalue weighted by molar-refractivity contribution is 0.255. The van der Waals surface area contributed by atoms with Gasteiger partial charge in [-0.05, 0) is 68.2 Å². The number of benzene rings is 1. The first-order chi connectivity index (χ1) is 8.76. The first-order valence-corrected chi connectivity index (χ1v) is 7.97. The van der Waals surface area contributed by atoms with E-state index >= 15 is 0 Å². The van der Waals surface area contributed by atoms with Crippen LogP contribution in [0.15, 0.2) is 28.7 Å². The summed E-state index contributed by atoms with van der Waals surface area (Å²) in [5.41, 5.74) is 1.46. The van der Waals surface area contributed by atoms with Crippen molar-refractivity contribution in [1.82, 2.24) is 5.32 Å². The molecule has 2 saturated carbocycles. The number of hydrogen-bond acceptors (Lipinski definition) is 1. The SMILES string of the molecule is CNC(Cc1ccc(Br)cc1)C1CC2CCC1C2. The molecule has 2 bridgehead atoms. The lowest BCUT2D eigenvalue weighted by atomic mass is 9.81. The zero-order chi connectivity index (χ0) is 12.5. The van der Waals surface area contributed by atoms with E-state index in [4.69, 9.17) is 0 Å². The molecule has 0 aromatic heterocycles. The quantitative estimate of drug-likeness (QED) is 0.886. The summed E-state index contributed by atoms with van der Waals surface area (Å²) in [6.07, 6.45) is 7.12. The van der Waals surface area contributed by atoms with Gasteiger partial charge in [0.15, 0.2) is 0 Å². The molecule has 18 heavy (non-hydrogen) atoms. The van der Waals surface area contributed by atoms with Gasteiger partial charge in [-0.3, -0.25) is 0 Å². The zero-order valence-electron chi connectivity index (χ0n) is 11.0. The fraction of sp³-hybridized carbons (Fsp3) is 0.625. The number of halogens is 1. The van der Waals surface area contributed by atoms with Crippen LogP contribution in [0.1, 0.15) is 31.2 Å². The van der Waals surface area contributed by atoms with Gasteiger partial charge in [0, 0.05) is 10.5 Å². The Morgan fingerprint density at radius 1 is 1.22 bits per heavy atom. The van der Waals surface area contributed by atoms with Crippen molar-refractivity contribution in [3.05, 3.63) is 34.3 Å². The normalized spacial score (nSPS) is 31.8. The van der Waals surface area contributed by atoms with E-state index < -0.39 is 0 Å². The molecule has 3 rings (SSSR count). The van der Waals surface area contributed by atoms with Crippen LogP contribution in [0.3, 0.4) is 0 Å². The minimum absolute atomic E-state index is 0.668. The van der Waals surface area contributed by atoms with E-state index in [1.54, 1.807) is 0 Å². The van der Waals surface area contributed by atoms with Gasteiger partial charge < -0.3 is 5.32 Å². The van der Waals surface area contributed by atoms with Gasteiger partial charge in [0.05, 0.1) is 0 Å². The Kier molecular flexibility index (Phi) is 3.76. The molecule has 2 aliphatic rings. The van der Waals surface area contributed by atoms with E-state index in [2.05, 4.69) is 52.6 Å². The Morgan fingerprint density at radius 3 is 2.56 bits per heavy atom. The Balaban J connectivity index is 1.67. The van der Waals surface area contributed by atoms with Crippen molar-refractivity contribution in [2.24, 2.45) is 17.8 Å². The minimum Gasteiger partial charge on any atom is -0.316 e. The van der Waals surface area contributed by atoms with E-state index in [-0.39, 0.29) is 0 Å². The van der Waals surface area contributed by atoms with Crippen molar-refractivity contribution in [2.75, 3.05) is 7.05 Å². The van der Waals surface area contributed by atoms with Crippen molar-refractivity contribution in [2.45, 2.75) is 38.1 Å². The highest BCUT2D eigenvalue weighted by Crippen LogP contribution is 2.49. The molecule has 2 heteroatoms. The predicted octanol–water partition coefficient (Wildman–Crippen LogP) is 4.02. The summed E-state index contributed by atoms with van der Waals surface area (Å²) in [5, 5.41) is 3.58. The summed E-state index contributed by atoms with van der Waals surface area (Å²) in [7, 11) is 2.13. The summed E-state index contributed by atoms with van der Waals surface area (Å²) in [5.74, 6) is 2.96. The highest BCUT2D eigenvalue weighted by molar-refractivity contribution is 9.10. The highest BCUT2D eigenvalue weighted by Gasteiger charge is 2.42. The van der Waals surface area contributed by atoms with Crippen LogP contribution in [0.2, 0.25) is 0 Å². The van der Waals surface area contributed by atoms with Crippen molar-refractivity contribution >= 4 is 15.9 Å². The molecule has 1 aromatic rings. The molecule has 0 spiro atoms. The van der Waals surface area contributed by atoms with Crippen LogP contribution < -0.4 is 5.32 Å². The molecule has 4 atom stereocenters. The lowest BCUT2D eigenvalue weighted by Crippen LogP contribution is -2.38. The van der Waals surface area contributed by atoms with Crippen molar-refractivity contribution in [1.29, 1.82) is 0 Å². The van der Waals surface area contributed by atoms with Gasteiger partial charge in [-0.15, -0.1) is 0 Å². The van der Waals surface area contributed by atoms with E-state index in [9.17, 15) is 0 Å². The monoisotopic (exact) mass is 307 g/mol. The third-order valence-electron chi connectivity index (χ3n) is 5.05. The van der Waals surface area contributed by atoms with Crippen LogP contribution in [0.5, 0.6) is 0 Å². The molecule has 1 nitrogen and oxygen atoms in total. The van der Waals surface area contributed by atoms with Crippen LogP contribution in [0.25, 0.3) is 0 Å². The van der Waals surface area contributed by atoms with Gasteiger partial charge >= 0.3 is 0 Å². The maximum Gasteiger partial charge on any atom is 0.0175 e. The standard InChI is InChI=1S/C16H22BrN/c1-18-16(10-11-3-6-14(17)7-4-11)15-9-12-2-5-13(15)8-12/h3-4,6-7,12-13,15-16,18H,2,5,8-10H2,1H3. The molecule has 1 N–H and O–H groups in total. The summed E-state index contributed by atoms with van der Waals surface area (Å²) in [6.45, 7) is 0. The zero-order valence-corrected chi connectivity index (χ0v) is 12.6.